The summed E-state index contributed by atoms with van der Waals surface area (Å²) in [5.74, 6) is 0.937. The second kappa shape index (κ2) is 8.94. The molecule has 0 aromatic heterocycles. The molecule has 1 unspecified atom stereocenters. The van der Waals surface area contributed by atoms with Crippen molar-refractivity contribution >= 4 is 0 Å². The van der Waals surface area contributed by atoms with E-state index in [0.29, 0.717) is 6.04 Å². The second-order valence-electron chi connectivity index (χ2n) is 4.83. The van der Waals surface area contributed by atoms with Gasteiger partial charge in [0.15, 0.2) is 0 Å². The fourth-order valence-electron chi connectivity index (χ4n) is 2.06. The Balaban J connectivity index is 2.71. The first kappa shape index (κ1) is 16.0. The molecule has 1 N–H and O–H groups in total. The average Bonchev–Trinajstić information content (AvgIpc) is 2.37. The average molecular weight is 265 g/mol. The van der Waals surface area contributed by atoms with E-state index in [2.05, 4.69) is 30.4 Å². The van der Waals surface area contributed by atoms with Crippen molar-refractivity contribution in [1.82, 2.24) is 5.32 Å². The maximum Gasteiger partial charge on any atom is 0.120 e. The van der Waals surface area contributed by atoms with E-state index in [-0.39, 0.29) is 6.10 Å². The van der Waals surface area contributed by atoms with E-state index in [1.165, 1.54) is 5.56 Å². The van der Waals surface area contributed by atoms with Crippen molar-refractivity contribution in [2.45, 2.75) is 46.3 Å². The lowest BCUT2D eigenvalue weighted by Gasteiger charge is -2.19. The highest BCUT2D eigenvalue weighted by atomic mass is 16.5. The highest BCUT2D eigenvalue weighted by Crippen LogP contribution is 2.22. The SMILES string of the molecule is CCNC(CCOCC)c1cccc(OC(C)C)c1. The summed E-state index contributed by atoms with van der Waals surface area (Å²) in [4.78, 5) is 0. The molecule has 0 saturated heterocycles. The number of benzene rings is 1. The normalized spacial score (nSPS) is 12.7. The van der Waals surface area contributed by atoms with Crippen molar-refractivity contribution in [2.75, 3.05) is 19.8 Å². The van der Waals surface area contributed by atoms with Crippen LogP contribution in [0.2, 0.25) is 0 Å². The lowest BCUT2D eigenvalue weighted by molar-refractivity contribution is 0.136. The topological polar surface area (TPSA) is 30.5 Å². The highest BCUT2D eigenvalue weighted by molar-refractivity contribution is 5.30. The predicted molar refractivity (Wildman–Crippen MR) is 79.7 cm³/mol. The number of hydrogen-bond donors (Lipinski definition) is 1. The highest BCUT2D eigenvalue weighted by Gasteiger charge is 2.11. The number of hydrogen-bond acceptors (Lipinski definition) is 3. The molecule has 0 spiro atoms. The van der Waals surface area contributed by atoms with Crippen LogP contribution in [0.25, 0.3) is 0 Å². The van der Waals surface area contributed by atoms with E-state index in [4.69, 9.17) is 9.47 Å². The van der Waals surface area contributed by atoms with Gasteiger partial charge in [0, 0.05) is 19.3 Å². The summed E-state index contributed by atoms with van der Waals surface area (Å²) in [5.41, 5.74) is 1.26. The molecule has 0 radical (unpaired) electrons. The van der Waals surface area contributed by atoms with Crippen molar-refractivity contribution < 1.29 is 9.47 Å². The summed E-state index contributed by atoms with van der Waals surface area (Å²) in [6.45, 7) is 10.7. The molecule has 0 heterocycles. The summed E-state index contributed by atoms with van der Waals surface area (Å²) >= 11 is 0. The third-order valence-corrected chi connectivity index (χ3v) is 2.84. The van der Waals surface area contributed by atoms with Gasteiger partial charge in [-0.05, 0) is 51.4 Å². The predicted octanol–water partition coefficient (Wildman–Crippen LogP) is 3.55. The van der Waals surface area contributed by atoms with Crippen LogP contribution in [0.1, 0.15) is 45.7 Å². The van der Waals surface area contributed by atoms with Gasteiger partial charge in [-0.3, -0.25) is 0 Å². The smallest absolute Gasteiger partial charge is 0.120 e. The molecule has 1 rings (SSSR count). The maximum atomic E-state index is 5.75. The van der Waals surface area contributed by atoms with Crippen molar-refractivity contribution in [3.05, 3.63) is 29.8 Å². The Morgan fingerprint density at radius 1 is 1.21 bits per heavy atom. The first-order chi connectivity index (χ1) is 9.17. The molecule has 0 fully saturated rings. The Hall–Kier alpha value is -1.06. The Bertz CT molecular complexity index is 352. The van der Waals surface area contributed by atoms with Gasteiger partial charge in [-0.1, -0.05) is 19.1 Å². The molecule has 0 amide bonds. The fourth-order valence-corrected chi connectivity index (χ4v) is 2.06. The Morgan fingerprint density at radius 3 is 2.63 bits per heavy atom. The Morgan fingerprint density at radius 2 is 2.00 bits per heavy atom. The van der Waals surface area contributed by atoms with Gasteiger partial charge < -0.3 is 14.8 Å². The Labute approximate surface area is 117 Å². The van der Waals surface area contributed by atoms with Crippen LogP contribution in [-0.2, 0) is 4.74 Å². The minimum absolute atomic E-state index is 0.205. The van der Waals surface area contributed by atoms with E-state index in [9.17, 15) is 0 Å². The van der Waals surface area contributed by atoms with Crippen LogP contribution in [-0.4, -0.2) is 25.9 Å². The minimum Gasteiger partial charge on any atom is -0.491 e. The van der Waals surface area contributed by atoms with Gasteiger partial charge in [-0.25, -0.2) is 0 Å². The monoisotopic (exact) mass is 265 g/mol. The van der Waals surface area contributed by atoms with E-state index < -0.39 is 0 Å². The minimum atomic E-state index is 0.205. The standard InChI is InChI=1S/C16H27NO2/c1-5-17-16(10-11-18-6-2)14-8-7-9-15(12-14)19-13(3)4/h7-9,12-13,16-17H,5-6,10-11H2,1-4H3. The number of nitrogens with one attached hydrogen (secondary N) is 1. The van der Waals surface area contributed by atoms with Crippen LogP contribution < -0.4 is 10.1 Å². The maximum absolute atomic E-state index is 5.75. The molecule has 108 valence electrons. The van der Waals surface area contributed by atoms with Crippen LogP contribution in [0.4, 0.5) is 0 Å². The van der Waals surface area contributed by atoms with E-state index >= 15 is 0 Å². The molecule has 1 aromatic rings. The van der Waals surface area contributed by atoms with Crippen LogP contribution >= 0.6 is 0 Å². The molecule has 0 saturated carbocycles. The lowest BCUT2D eigenvalue weighted by atomic mass is 10.0. The molecular formula is C16H27NO2. The molecule has 1 aromatic carbocycles. The largest absolute Gasteiger partial charge is 0.491 e. The van der Waals surface area contributed by atoms with Gasteiger partial charge in [0.05, 0.1) is 6.10 Å². The van der Waals surface area contributed by atoms with Gasteiger partial charge in [0.1, 0.15) is 5.75 Å². The molecular weight excluding hydrogens is 238 g/mol. The fraction of sp³-hybridized carbons (Fsp3) is 0.625. The molecule has 0 aliphatic heterocycles. The Kier molecular flexibility index (Phi) is 7.53. The summed E-state index contributed by atoms with van der Waals surface area (Å²) in [5, 5.41) is 3.50. The molecule has 0 aliphatic rings. The molecule has 3 nitrogen and oxygen atoms in total. The molecule has 0 bridgehead atoms. The molecule has 0 aliphatic carbocycles. The third-order valence-electron chi connectivity index (χ3n) is 2.84. The zero-order valence-electron chi connectivity index (χ0n) is 12.6. The van der Waals surface area contributed by atoms with Crippen LogP contribution in [0.15, 0.2) is 24.3 Å². The van der Waals surface area contributed by atoms with Crippen LogP contribution in [0.5, 0.6) is 5.75 Å². The molecule has 19 heavy (non-hydrogen) atoms. The summed E-state index contributed by atoms with van der Waals surface area (Å²) in [6, 6.07) is 8.66. The zero-order valence-corrected chi connectivity index (χ0v) is 12.6. The number of ether oxygens (including phenoxy) is 2. The van der Waals surface area contributed by atoms with Crippen molar-refractivity contribution in [1.29, 1.82) is 0 Å². The lowest BCUT2D eigenvalue weighted by Crippen LogP contribution is -2.22. The van der Waals surface area contributed by atoms with Crippen molar-refractivity contribution in [3.8, 4) is 5.75 Å². The molecule has 3 heteroatoms. The third kappa shape index (κ3) is 6.08. The van der Waals surface area contributed by atoms with E-state index in [0.717, 1.165) is 31.9 Å². The van der Waals surface area contributed by atoms with Crippen molar-refractivity contribution in [3.63, 3.8) is 0 Å². The quantitative estimate of drug-likeness (QED) is 0.693. The van der Waals surface area contributed by atoms with Gasteiger partial charge >= 0.3 is 0 Å². The summed E-state index contributed by atoms with van der Waals surface area (Å²) < 4.78 is 11.2. The van der Waals surface area contributed by atoms with Gasteiger partial charge in [-0.15, -0.1) is 0 Å². The van der Waals surface area contributed by atoms with E-state index in [1.54, 1.807) is 0 Å². The van der Waals surface area contributed by atoms with Gasteiger partial charge in [0.25, 0.3) is 0 Å². The number of rotatable bonds is 9. The van der Waals surface area contributed by atoms with Crippen LogP contribution in [0, 0.1) is 0 Å². The first-order valence-electron chi connectivity index (χ1n) is 7.25. The zero-order chi connectivity index (χ0) is 14.1. The van der Waals surface area contributed by atoms with Gasteiger partial charge in [-0.2, -0.15) is 0 Å². The van der Waals surface area contributed by atoms with Gasteiger partial charge in [0.2, 0.25) is 0 Å². The summed E-state index contributed by atoms with van der Waals surface area (Å²) in [7, 11) is 0. The van der Waals surface area contributed by atoms with Crippen LogP contribution in [0.3, 0.4) is 0 Å². The van der Waals surface area contributed by atoms with E-state index in [1.807, 2.05) is 26.8 Å². The first-order valence-corrected chi connectivity index (χ1v) is 7.25. The second-order valence-corrected chi connectivity index (χ2v) is 4.83. The van der Waals surface area contributed by atoms with Crippen molar-refractivity contribution in [2.24, 2.45) is 0 Å². The summed E-state index contributed by atoms with van der Waals surface area (Å²) in [6.07, 6.45) is 1.18. The molecule has 1 atom stereocenters.